The van der Waals surface area contributed by atoms with Crippen molar-refractivity contribution in [2.24, 2.45) is 0 Å². The normalized spacial score (nSPS) is 15.5. The lowest BCUT2D eigenvalue weighted by Gasteiger charge is -2.32. The molecule has 8 aromatic carbocycles. The average Bonchev–Trinajstić information content (AvgIpc) is 3.66. The third-order valence-corrected chi connectivity index (χ3v) is 11.9. The highest BCUT2D eigenvalue weighted by Crippen LogP contribution is 2.66. The maximum Gasteiger partial charge on any atom is 0.0732 e. The van der Waals surface area contributed by atoms with Crippen molar-refractivity contribution in [2.75, 3.05) is 4.90 Å². The van der Waals surface area contributed by atoms with Gasteiger partial charge in [0.15, 0.2) is 0 Å². The summed E-state index contributed by atoms with van der Waals surface area (Å²) in [6, 6.07) is 66.1. The number of benzene rings is 8. The molecule has 0 aromatic heterocycles. The van der Waals surface area contributed by atoms with E-state index in [0.29, 0.717) is 0 Å². The highest BCUT2D eigenvalue weighted by atomic mass is 15.1. The molecule has 2 bridgehead atoms. The summed E-state index contributed by atoms with van der Waals surface area (Å²) < 4.78 is 0. The molecular formula is C51H35N. The fourth-order valence-corrected chi connectivity index (χ4v) is 9.70. The van der Waals surface area contributed by atoms with Crippen LogP contribution >= 0.6 is 0 Å². The molecule has 0 saturated heterocycles. The molecule has 52 heavy (non-hydrogen) atoms. The maximum absolute atomic E-state index is 2.50. The van der Waals surface area contributed by atoms with E-state index < -0.39 is 5.41 Å². The van der Waals surface area contributed by atoms with Gasteiger partial charge in [0, 0.05) is 16.9 Å². The van der Waals surface area contributed by atoms with E-state index in [4.69, 9.17) is 0 Å². The molecule has 244 valence electrons. The Morgan fingerprint density at radius 3 is 1.63 bits per heavy atom. The quantitative estimate of drug-likeness (QED) is 0.182. The van der Waals surface area contributed by atoms with Crippen LogP contribution < -0.4 is 4.90 Å². The predicted octanol–water partition coefficient (Wildman–Crippen LogP) is 13.4. The first-order valence-electron chi connectivity index (χ1n) is 18.3. The summed E-state index contributed by atoms with van der Waals surface area (Å²) >= 11 is 0. The van der Waals surface area contributed by atoms with Crippen LogP contribution in [0.2, 0.25) is 0 Å². The lowest BCUT2D eigenvalue weighted by molar-refractivity contribution is 0.796. The van der Waals surface area contributed by atoms with Gasteiger partial charge in [-0.1, -0.05) is 140 Å². The molecule has 0 N–H and O–H groups in total. The molecule has 1 nitrogen and oxygen atoms in total. The van der Waals surface area contributed by atoms with Crippen molar-refractivity contribution in [1.82, 2.24) is 0 Å². The van der Waals surface area contributed by atoms with Gasteiger partial charge >= 0.3 is 0 Å². The summed E-state index contributed by atoms with van der Waals surface area (Å²) in [7, 11) is 0. The summed E-state index contributed by atoms with van der Waals surface area (Å²) in [5.41, 5.74) is 23.9. The minimum Gasteiger partial charge on any atom is -0.310 e. The van der Waals surface area contributed by atoms with Crippen molar-refractivity contribution >= 4 is 17.1 Å². The summed E-state index contributed by atoms with van der Waals surface area (Å²) in [6.07, 6.45) is 0. The first kappa shape index (κ1) is 29.3. The second-order valence-corrected chi connectivity index (χ2v) is 14.5. The van der Waals surface area contributed by atoms with Gasteiger partial charge in [-0.3, -0.25) is 0 Å². The van der Waals surface area contributed by atoms with Gasteiger partial charge in [-0.15, -0.1) is 0 Å². The second kappa shape index (κ2) is 10.8. The van der Waals surface area contributed by atoms with E-state index >= 15 is 0 Å². The van der Waals surface area contributed by atoms with Gasteiger partial charge in [0.05, 0.1) is 11.1 Å². The lowest BCUT2D eigenvalue weighted by Crippen LogP contribution is -2.26. The van der Waals surface area contributed by atoms with Gasteiger partial charge in [0.2, 0.25) is 0 Å². The van der Waals surface area contributed by atoms with Gasteiger partial charge in [-0.05, 0) is 134 Å². The van der Waals surface area contributed by atoms with Crippen LogP contribution in [0.4, 0.5) is 17.1 Å². The van der Waals surface area contributed by atoms with Gasteiger partial charge in [-0.25, -0.2) is 0 Å². The van der Waals surface area contributed by atoms with Crippen molar-refractivity contribution in [2.45, 2.75) is 19.3 Å². The molecule has 1 unspecified atom stereocenters. The third-order valence-electron chi connectivity index (χ3n) is 11.9. The smallest absolute Gasteiger partial charge is 0.0732 e. The Balaban J connectivity index is 1.27. The lowest BCUT2D eigenvalue weighted by atomic mass is 9.68. The van der Waals surface area contributed by atoms with Crippen LogP contribution in [0.1, 0.15) is 33.4 Å². The highest BCUT2D eigenvalue weighted by Gasteiger charge is 2.53. The van der Waals surface area contributed by atoms with Gasteiger partial charge in [-0.2, -0.15) is 0 Å². The molecule has 0 radical (unpaired) electrons. The minimum absolute atomic E-state index is 0.439. The molecule has 2 aliphatic carbocycles. The van der Waals surface area contributed by atoms with Crippen LogP contribution in [0.25, 0.3) is 55.6 Å². The third kappa shape index (κ3) is 3.83. The summed E-state index contributed by atoms with van der Waals surface area (Å²) in [5, 5.41) is 0. The van der Waals surface area contributed by atoms with Gasteiger partial charge in [0.25, 0.3) is 0 Å². The molecule has 0 amide bonds. The highest BCUT2D eigenvalue weighted by molar-refractivity contribution is 6.03. The van der Waals surface area contributed by atoms with Crippen LogP contribution in [0.5, 0.6) is 0 Å². The van der Waals surface area contributed by atoms with E-state index in [9.17, 15) is 0 Å². The predicted molar refractivity (Wildman–Crippen MR) is 217 cm³/mol. The number of fused-ring (bicyclic) bond motifs is 7. The number of nitrogens with zero attached hydrogens (tertiary/aromatic N) is 1. The molecule has 0 fully saturated rings. The molecule has 11 rings (SSSR count). The number of hydrogen-bond donors (Lipinski definition) is 0. The Labute approximate surface area is 305 Å². The zero-order valence-corrected chi connectivity index (χ0v) is 29.2. The number of aryl methyl sites for hydroxylation is 2. The zero-order chi connectivity index (χ0) is 34.6. The van der Waals surface area contributed by atoms with E-state index in [0.717, 1.165) is 5.69 Å². The largest absolute Gasteiger partial charge is 0.310 e. The monoisotopic (exact) mass is 661 g/mol. The molecule has 0 saturated carbocycles. The molecule has 1 heterocycles. The van der Waals surface area contributed by atoms with Gasteiger partial charge in [0.1, 0.15) is 0 Å². The molecule has 1 aliphatic heterocycles. The van der Waals surface area contributed by atoms with Crippen molar-refractivity contribution in [3.05, 3.63) is 209 Å². The Hall–Kier alpha value is -6.44. The second-order valence-electron chi connectivity index (χ2n) is 14.5. The molecular weight excluding hydrogens is 627 g/mol. The van der Waals surface area contributed by atoms with Crippen LogP contribution in [0.15, 0.2) is 176 Å². The van der Waals surface area contributed by atoms with Crippen LogP contribution in [0.3, 0.4) is 0 Å². The zero-order valence-electron chi connectivity index (χ0n) is 29.2. The SMILES string of the molecule is Cc1ccccc1-c1ccc(N2c3ccc4c(c3)C3(c5ccccc5-4)c4ccccc4-c4cccc(c43)-c3cc(-c4ccccc4)ccc32)cc1C. The van der Waals surface area contributed by atoms with Crippen molar-refractivity contribution < 1.29 is 0 Å². The van der Waals surface area contributed by atoms with Gasteiger partial charge < -0.3 is 4.90 Å². The van der Waals surface area contributed by atoms with E-state index in [-0.39, 0.29) is 0 Å². The van der Waals surface area contributed by atoms with Crippen LogP contribution in [0, 0.1) is 13.8 Å². The van der Waals surface area contributed by atoms with Crippen molar-refractivity contribution in [3.63, 3.8) is 0 Å². The molecule has 1 atom stereocenters. The topological polar surface area (TPSA) is 3.24 Å². The number of hydrogen-bond acceptors (Lipinski definition) is 1. The fraction of sp³-hybridized carbons (Fsp3) is 0.0588. The first-order valence-corrected chi connectivity index (χ1v) is 18.3. The molecule has 1 spiro atoms. The van der Waals surface area contributed by atoms with E-state index in [1.165, 1.54) is 100 Å². The molecule has 1 heteroatoms. The fourth-order valence-electron chi connectivity index (χ4n) is 9.70. The summed E-state index contributed by atoms with van der Waals surface area (Å²) in [6.45, 7) is 4.45. The van der Waals surface area contributed by atoms with Crippen LogP contribution in [-0.4, -0.2) is 0 Å². The average molecular weight is 662 g/mol. The Morgan fingerprint density at radius 2 is 0.904 bits per heavy atom. The maximum atomic E-state index is 2.50. The number of rotatable bonds is 3. The Bertz CT molecular complexity index is 2760. The van der Waals surface area contributed by atoms with Crippen LogP contribution in [-0.2, 0) is 5.41 Å². The first-order chi connectivity index (χ1) is 25.6. The Kier molecular flexibility index (Phi) is 6.08. The molecule has 8 aromatic rings. The minimum atomic E-state index is -0.439. The Morgan fingerprint density at radius 1 is 0.346 bits per heavy atom. The number of anilines is 3. The summed E-state index contributed by atoms with van der Waals surface area (Å²) in [5.74, 6) is 0. The van der Waals surface area contributed by atoms with Crippen molar-refractivity contribution in [3.8, 4) is 55.6 Å². The standard InChI is InChI=1S/C51H35N/c1-32-13-6-7-16-38(32)39-26-24-36(29-33(39)2)52-37-25-27-42-40-17-8-10-21-46(40)51(48(42)31-37)47-22-11-9-18-41(47)43-19-12-20-44(50(43)51)45-30-35(23-28-49(45)52)34-14-4-3-5-15-34/h3-31H,1-2H3. The van der Waals surface area contributed by atoms with E-state index in [1.807, 2.05) is 0 Å². The summed E-state index contributed by atoms with van der Waals surface area (Å²) in [4.78, 5) is 2.50. The van der Waals surface area contributed by atoms with E-state index in [2.05, 4.69) is 195 Å². The molecule has 3 aliphatic rings. The van der Waals surface area contributed by atoms with Crippen molar-refractivity contribution in [1.29, 1.82) is 0 Å². The van der Waals surface area contributed by atoms with E-state index in [1.54, 1.807) is 0 Å².